The number of methoxy groups -OCH3 is 1. The summed E-state index contributed by atoms with van der Waals surface area (Å²) in [7, 11) is 1.40. The van der Waals surface area contributed by atoms with Gasteiger partial charge in [-0.25, -0.2) is 4.79 Å². The summed E-state index contributed by atoms with van der Waals surface area (Å²) in [5, 5.41) is 11.5. The first-order chi connectivity index (χ1) is 17.6. The molecule has 0 saturated carbocycles. The van der Waals surface area contributed by atoms with E-state index in [1.807, 2.05) is 0 Å². The molecule has 10 heteroatoms. The van der Waals surface area contributed by atoms with Crippen LogP contribution in [0.3, 0.4) is 0 Å². The van der Waals surface area contributed by atoms with Crippen LogP contribution < -0.4 is 9.64 Å². The second kappa shape index (κ2) is 10.6. The number of aromatic nitrogens is 1. The first-order valence-corrected chi connectivity index (χ1v) is 11.9. The average Bonchev–Trinajstić information content (AvgIpc) is 3.14. The lowest BCUT2D eigenvalue weighted by atomic mass is 9.96. The molecular weight excluding hydrogens is 519 g/mol. The van der Waals surface area contributed by atoms with Crippen LogP contribution in [0.5, 0.6) is 5.75 Å². The number of Topliss-reactive ketones (excluding diaryl/α,β-unsaturated/α-hetero) is 1. The molecule has 3 aromatic rings. The van der Waals surface area contributed by atoms with Crippen LogP contribution in [0.1, 0.15) is 41.4 Å². The number of pyridine rings is 1. The number of benzene rings is 2. The number of amides is 1. The van der Waals surface area contributed by atoms with Crippen molar-refractivity contribution in [3.63, 3.8) is 0 Å². The highest BCUT2D eigenvalue weighted by Gasteiger charge is 2.47. The summed E-state index contributed by atoms with van der Waals surface area (Å²) in [6.45, 7) is 3.48. The van der Waals surface area contributed by atoms with E-state index in [0.717, 1.165) is 0 Å². The van der Waals surface area contributed by atoms with E-state index in [1.54, 1.807) is 32.2 Å². The van der Waals surface area contributed by atoms with Gasteiger partial charge in [-0.2, -0.15) is 0 Å². The minimum Gasteiger partial charge on any atom is -0.507 e. The van der Waals surface area contributed by atoms with Gasteiger partial charge < -0.3 is 14.6 Å². The number of carbonyl (C=O) groups is 3. The maximum atomic E-state index is 13.3. The Morgan fingerprint density at radius 1 is 1.05 bits per heavy atom. The molecule has 190 valence electrons. The molecule has 2 aromatic carbocycles. The van der Waals surface area contributed by atoms with Crippen LogP contribution in [0.25, 0.3) is 5.76 Å². The fraction of sp³-hybridized carbons (Fsp3) is 0.185. The van der Waals surface area contributed by atoms with Gasteiger partial charge in [-0.15, -0.1) is 0 Å². The average molecular weight is 541 g/mol. The quantitative estimate of drug-likeness (QED) is 0.188. The molecule has 1 N–H and O–H groups in total. The van der Waals surface area contributed by atoms with Crippen molar-refractivity contribution in [3.8, 4) is 5.75 Å². The summed E-state index contributed by atoms with van der Waals surface area (Å²) in [5.41, 5.74) is 1.07. The van der Waals surface area contributed by atoms with E-state index in [-0.39, 0.29) is 38.6 Å². The van der Waals surface area contributed by atoms with Crippen molar-refractivity contribution < 1.29 is 29.0 Å². The van der Waals surface area contributed by atoms with Crippen LogP contribution in [-0.4, -0.2) is 41.0 Å². The number of aliphatic hydroxyl groups excluding tert-OH is 1. The molecule has 37 heavy (non-hydrogen) atoms. The van der Waals surface area contributed by atoms with Crippen LogP contribution in [0.15, 0.2) is 66.5 Å². The molecule has 1 unspecified atom stereocenters. The van der Waals surface area contributed by atoms with Crippen LogP contribution >= 0.6 is 23.2 Å². The summed E-state index contributed by atoms with van der Waals surface area (Å²) in [4.78, 5) is 44.2. The Kier molecular flexibility index (Phi) is 7.52. The Morgan fingerprint density at radius 3 is 2.24 bits per heavy atom. The van der Waals surface area contributed by atoms with E-state index in [2.05, 4.69) is 4.98 Å². The Morgan fingerprint density at radius 2 is 1.70 bits per heavy atom. The predicted molar refractivity (Wildman–Crippen MR) is 139 cm³/mol. The molecule has 0 spiro atoms. The third-order valence-corrected chi connectivity index (χ3v) is 6.21. The minimum absolute atomic E-state index is 0.118. The van der Waals surface area contributed by atoms with Crippen molar-refractivity contribution in [1.82, 2.24) is 4.98 Å². The van der Waals surface area contributed by atoms with E-state index < -0.39 is 29.5 Å². The van der Waals surface area contributed by atoms with E-state index in [4.69, 9.17) is 32.7 Å². The molecular formula is C27H22Cl2N2O6. The maximum absolute atomic E-state index is 13.3. The van der Waals surface area contributed by atoms with Crippen molar-refractivity contribution in [1.29, 1.82) is 0 Å². The molecule has 0 bridgehead atoms. The van der Waals surface area contributed by atoms with Gasteiger partial charge in [0, 0.05) is 23.6 Å². The van der Waals surface area contributed by atoms with Gasteiger partial charge in [-0.3, -0.25) is 19.5 Å². The van der Waals surface area contributed by atoms with E-state index in [1.165, 1.54) is 54.6 Å². The van der Waals surface area contributed by atoms with Crippen molar-refractivity contribution in [2.75, 3.05) is 12.0 Å². The largest absolute Gasteiger partial charge is 0.507 e. The number of hydrogen-bond donors (Lipinski definition) is 1. The lowest BCUT2D eigenvalue weighted by molar-refractivity contribution is -0.132. The Hall–Kier alpha value is -3.88. The SMILES string of the molecule is COc1c(Cl)cc(/C(O)=C2\C(=O)C(=O)N(c3ccc(C(=O)OC(C)C)cc3)C2c2cccnc2)cc1Cl. The number of rotatable bonds is 6. The van der Waals surface area contributed by atoms with Crippen molar-refractivity contribution in [2.45, 2.75) is 26.0 Å². The van der Waals surface area contributed by atoms with Gasteiger partial charge in [0.1, 0.15) is 5.76 Å². The highest BCUT2D eigenvalue weighted by molar-refractivity contribution is 6.51. The maximum Gasteiger partial charge on any atom is 0.338 e. The van der Waals surface area contributed by atoms with Gasteiger partial charge in [0.15, 0.2) is 5.75 Å². The summed E-state index contributed by atoms with van der Waals surface area (Å²) in [6, 6.07) is 11.2. The van der Waals surface area contributed by atoms with Crippen LogP contribution in [0.2, 0.25) is 10.0 Å². The molecule has 1 aromatic heterocycles. The second-order valence-electron chi connectivity index (χ2n) is 8.43. The number of anilines is 1. The van der Waals surface area contributed by atoms with Crippen LogP contribution in [0, 0.1) is 0 Å². The number of ketones is 1. The van der Waals surface area contributed by atoms with Crippen molar-refractivity contribution in [2.24, 2.45) is 0 Å². The molecule has 1 fully saturated rings. The molecule has 1 aliphatic rings. The first kappa shape index (κ1) is 26.2. The smallest absolute Gasteiger partial charge is 0.338 e. The van der Waals surface area contributed by atoms with Gasteiger partial charge in [-0.1, -0.05) is 29.3 Å². The number of carbonyl (C=O) groups excluding carboxylic acids is 3. The number of aliphatic hydroxyl groups is 1. The predicted octanol–water partition coefficient (Wildman–Crippen LogP) is 5.59. The Bertz CT molecular complexity index is 1380. The standard InChI is InChI=1S/C27H22Cl2N2O6/c1-14(2)37-27(35)15-6-8-18(9-7-15)31-22(16-5-4-10-30-13-16)21(24(33)26(31)34)23(32)17-11-19(28)25(36-3)20(29)12-17/h4-14,22,32H,1-3H3/b23-21+. The first-order valence-electron chi connectivity index (χ1n) is 11.2. The zero-order valence-corrected chi connectivity index (χ0v) is 21.6. The molecule has 8 nitrogen and oxygen atoms in total. The molecule has 1 aliphatic heterocycles. The summed E-state index contributed by atoms with van der Waals surface area (Å²) in [6.07, 6.45) is 2.75. The normalized spacial score (nSPS) is 16.8. The van der Waals surface area contributed by atoms with E-state index in [0.29, 0.717) is 11.3 Å². The molecule has 1 saturated heterocycles. The third kappa shape index (κ3) is 5.03. The number of esters is 1. The van der Waals surface area contributed by atoms with E-state index >= 15 is 0 Å². The van der Waals surface area contributed by atoms with Gasteiger partial charge in [0.05, 0.1) is 40.4 Å². The molecule has 1 atom stereocenters. The van der Waals surface area contributed by atoms with Gasteiger partial charge >= 0.3 is 5.97 Å². The summed E-state index contributed by atoms with van der Waals surface area (Å²) >= 11 is 12.5. The fourth-order valence-electron chi connectivity index (χ4n) is 4.04. The number of hydrogen-bond acceptors (Lipinski definition) is 7. The van der Waals surface area contributed by atoms with Gasteiger partial charge in [0.25, 0.3) is 11.7 Å². The molecule has 0 radical (unpaired) electrons. The zero-order valence-electron chi connectivity index (χ0n) is 20.1. The number of ether oxygens (including phenoxy) is 2. The van der Waals surface area contributed by atoms with Crippen LogP contribution in [-0.2, 0) is 14.3 Å². The summed E-state index contributed by atoms with van der Waals surface area (Å²) in [5.74, 6) is -2.53. The topological polar surface area (TPSA) is 106 Å². The second-order valence-corrected chi connectivity index (χ2v) is 9.24. The Labute approximate surface area is 223 Å². The fourth-order valence-corrected chi connectivity index (χ4v) is 4.68. The number of nitrogens with zero attached hydrogens (tertiary/aromatic N) is 2. The summed E-state index contributed by atoms with van der Waals surface area (Å²) < 4.78 is 10.4. The van der Waals surface area contributed by atoms with Crippen LogP contribution in [0.4, 0.5) is 5.69 Å². The molecule has 4 rings (SSSR count). The Balaban J connectivity index is 1.85. The molecule has 0 aliphatic carbocycles. The zero-order chi connectivity index (χ0) is 26.9. The number of halogens is 2. The lowest BCUT2D eigenvalue weighted by Gasteiger charge is -2.25. The van der Waals surface area contributed by atoms with E-state index in [9.17, 15) is 19.5 Å². The van der Waals surface area contributed by atoms with Gasteiger partial charge in [-0.05, 0) is 61.9 Å². The highest BCUT2D eigenvalue weighted by atomic mass is 35.5. The van der Waals surface area contributed by atoms with Gasteiger partial charge in [0.2, 0.25) is 0 Å². The molecule has 2 heterocycles. The third-order valence-electron chi connectivity index (χ3n) is 5.64. The van der Waals surface area contributed by atoms with Crippen molar-refractivity contribution in [3.05, 3.63) is 93.2 Å². The molecule has 1 amide bonds. The lowest BCUT2D eigenvalue weighted by Crippen LogP contribution is -2.29. The monoisotopic (exact) mass is 540 g/mol. The highest BCUT2D eigenvalue weighted by Crippen LogP contribution is 2.43. The minimum atomic E-state index is -1.01. The van der Waals surface area contributed by atoms with Crippen molar-refractivity contribution >= 4 is 52.3 Å².